The molecule has 0 aliphatic rings. The van der Waals surface area contributed by atoms with Crippen molar-refractivity contribution in [2.24, 2.45) is 0 Å². The summed E-state index contributed by atoms with van der Waals surface area (Å²) in [5.74, 6) is 0. The molecule has 0 aliphatic carbocycles. The Hall–Kier alpha value is -3.88. The van der Waals surface area contributed by atoms with Crippen LogP contribution in [0.4, 0.5) is 5.69 Å². The van der Waals surface area contributed by atoms with Crippen molar-refractivity contribution in [3.05, 3.63) is 91.5 Å². The second-order valence-corrected chi connectivity index (χ2v) is 5.65. The number of nitrogens with zero attached hydrogens (tertiary/aromatic N) is 5. The number of hydrogen-bond acceptors (Lipinski definition) is 6. The molecular weight excluding hydrogens is 338 g/mol. The molecule has 0 saturated heterocycles. The maximum absolute atomic E-state index is 12.6. The molecule has 0 atom stereocenters. The Bertz CT molecular complexity index is 1290. The van der Waals surface area contributed by atoms with Gasteiger partial charge in [-0.1, -0.05) is 6.07 Å². The van der Waals surface area contributed by atoms with Crippen LogP contribution in [-0.4, -0.2) is 23.9 Å². The van der Waals surface area contributed by atoms with Gasteiger partial charge in [0.2, 0.25) is 0 Å². The van der Waals surface area contributed by atoms with Crippen molar-refractivity contribution in [2.75, 3.05) is 0 Å². The number of rotatable bonds is 3. The van der Waals surface area contributed by atoms with E-state index in [-0.39, 0.29) is 23.2 Å². The zero-order chi connectivity index (χ0) is 18.3. The highest BCUT2D eigenvalue weighted by Crippen LogP contribution is 2.16. The minimum absolute atomic E-state index is 0.0328. The van der Waals surface area contributed by atoms with E-state index in [2.05, 4.69) is 9.97 Å². The lowest BCUT2D eigenvalue weighted by Crippen LogP contribution is -2.23. The van der Waals surface area contributed by atoms with Gasteiger partial charge in [0, 0.05) is 24.4 Å². The number of aromatic nitrogens is 4. The van der Waals surface area contributed by atoms with Crippen molar-refractivity contribution in [3.8, 4) is 0 Å². The van der Waals surface area contributed by atoms with Crippen LogP contribution in [0.1, 0.15) is 5.69 Å². The number of fused-ring (bicyclic) bond motifs is 2. The highest BCUT2D eigenvalue weighted by atomic mass is 16.6. The highest BCUT2D eigenvalue weighted by molar-refractivity contribution is 5.79. The van der Waals surface area contributed by atoms with Crippen molar-refractivity contribution in [1.82, 2.24) is 18.9 Å². The van der Waals surface area contributed by atoms with Gasteiger partial charge in [0.15, 0.2) is 0 Å². The Labute approximate surface area is 145 Å². The zero-order valence-electron chi connectivity index (χ0n) is 13.3. The quantitative estimate of drug-likeness (QED) is 0.408. The molecule has 0 spiro atoms. The van der Waals surface area contributed by atoms with Crippen LogP contribution in [0.25, 0.3) is 16.6 Å². The third-order valence-electron chi connectivity index (χ3n) is 3.97. The lowest BCUT2D eigenvalue weighted by molar-refractivity contribution is -0.384. The summed E-state index contributed by atoms with van der Waals surface area (Å²) in [6.07, 6.45) is 2.95. The molecule has 1 aromatic carbocycles. The van der Waals surface area contributed by atoms with E-state index in [4.69, 9.17) is 0 Å². The van der Waals surface area contributed by atoms with Crippen LogP contribution in [0.15, 0.2) is 64.6 Å². The number of nitro benzene ring substituents is 1. The molecule has 0 bridgehead atoms. The van der Waals surface area contributed by atoms with Crippen LogP contribution < -0.4 is 11.1 Å². The number of benzene rings is 1. The van der Waals surface area contributed by atoms with Gasteiger partial charge in [-0.15, -0.1) is 0 Å². The van der Waals surface area contributed by atoms with E-state index in [1.165, 1.54) is 39.6 Å². The normalized spacial score (nSPS) is 11.1. The van der Waals surface area contributed by atoms with Crippen LogP contribution in [0.5, 0.6) is 0 Å². The molecule has 0 saturated carbocycles. The van der Waals surface area contributed by atoms with Crippen molar-refractivity contribution in [2.45, 2.75) is 6.54 Å². The fraction of sp³-hybridized carbons (Fsp3) is 0.0588. The van der Waals surface area contributed by atoms with Gasteiger partial charge in [-0.2, -0.15) is 0 Å². The van der Waals surface area contributed by atoms with Crippen molar-refractivity contribution in [1.29, 1.82) is 0 Å². The summed E-state index contributed by atoms with van der Waals surface area (Å²) in [5, 5.41) is 11.1. The predicted octanol–water partition coefficient (Wildman–Crippen LogP) is 1.36. The summed E-state index contributed by atoms with van der Waals surface area (Å²) in [6, 6.07) is 10.4. The molecule has 26 heavy (non-hydrogen) atoms. The molecule has 9 nitrogen and oxygen atoms in total. The minimum Gasteiger partial charge on any atom is -0.293 e. The molecule has 0 unspecified atom stereocenters. The van der Waals surface area contributed by atoms with Gasteiger partial charge in [0.25, 0.3) is 16.8 Å². The number of nitro groups is 1. The van der Waals surface area contributed by atoms with E-state index in [1.54, 1.807) is 24.4 Å². The molecular formula is C17H11N5O4. The average Bonchev–Trinajstić information content (AvgIpc) is 2.64. The first-order valence-electron chi connectivity index (χ1n) is 7.64. The Balaban J connectivity index is 1.82. The molecule has 3 heterocycles. The average molecular weight is 349 g/mol. The van der Waals surface area contributed by atoms with Gasteiger partial charge in [-0.05, 0) is 18.2 Å². The van der Waals surface area contributed by atoms with E-state index in [9.17, 15) is 19.7 Å². The predicted molar refractivity (Wildman–Crippen MR) is 93.2 cm³/mol. The van der Waals surface area contributed by atoms with Crippen molar-refractivity contribution < 1.29 is 4.92 Å². The molecule has 0 radical (unpaired) electrons. The summed E-state index contributed by atoms with van der Waals surface area (Å²) in [4.78, 5) is 43.7. The summed E-state index contributed by atoms with van der Waals surface area (Å²) < 4.78 is 2.67. The van der Waals surface area contributed by atoms with E-state index in [0.717, 1.165) is 0 Å². The fourth-order valence-corrected chi connectivity index (χ4v) is 2.73. The first-order valence-corrected chi connectivity index (χ1v) is 7.64. The number of pyridine rings is 1. The Morgan fingerprint density at radius 3 is 2.77 bits per heavy atom. The second-order valence-electron chi connectivity index (χ2n) is 5.65. The highest BCUT2D eigenvalue weighted by Gasteiger charge is 2.12. The zero-order valence-corrected chi connectivity index (χ0v) is 13.3. The first kappa shape index (κ1) is 15.6. The number of hydrogen-bond donors (Lipinski definition) is 0. The van der Waals surface area contributed by atoms with Crippen LogP contribution in [0.3, 0.4) is 0 Å². The molecule has 0 fully saturated rings. The molecule has 3 aromatic heterocycles. The van der Waals surface area contributed by atoms with Crippen LogP contribution in [0, 0.1) is 10.1 Å². The summed E-state index contributed by atoms with van der Waals surface area (Å²) in [6.45, 7) is 0.0328. The molecule has 0 N–H and O–H groups in total. The molecule has 4 rings (SSSR count). The van der Waals surface area contributed by atoms with Crippen LogP contribution in [-0.2, 0) is 6.54 Å². The third-order valence-corrected chi connectivity index (χ3v) is 3.97. The largest absolute Gasteiger partial charge is 0.293 e. The summed E-state index contributed by atoms with van der Waals surface area (Å²) in [7, 11) is 0. The molecule has 128 valence electrons. The van der Waals surface area contributed by atoms with Gasteiger partial charge in [-0.3, -0.25) is 28.7 Å². The van der Waals surface area contributed by atoms with Crippen LogP contribution >= 0.6 is 0 Å². The van der Waals surface area contributed by atoms with E-state index < -0.39 is 10.5 Å². The van der Waals surface area contributed by atoms with Gasteiger partial charge < -0.3 is 0 Å². The topological polar surface area (TPSA) is 112 Å². The van der Waals surface area contributed by atoms with Gasteiger partial charge in [-0.25, -0.2) is 9.97 Å². The second kappa shape index (κ2) is 5.88. The Kier molecular flexibility index (Phi) is 3.54. The van der Waals surface area contributed by atoms with Crippen molar-refractivity contribution in [3.63, 3.8) is 0 Å². The third kappa shape index (κ3) is 2.61. The Morgan fingerprint density at radius 1 is 1.12 bits per heavy atom. The van der Waals surface area contributed by atoms with Gasteiger partial charge in [0.1, 0.15) is 5.65 Å². The number of non-ortho nitro benzene ring substituents is 1. The molecule has 0 amide bonds. The first-order chi connectivity index (χ1) is 12.5. The Morgan fingerprint density at radius 2 is 1.96 bits per heavy atom. The standard InChI is InChI=1S/C17H11N5O4/c23-16-7-11(19-15-3-1-2-6-21(15)16)9-20-10-18-14-5-4-12(22(25)26)8-13(14)17(20)24/h1-8,10H,9H2. The minimum atomic E-state index is -0.567. The maximum atomic E-state index is 12.6. The van der Waals surface area contributed by atoms with E-state index in [0.29, 0.717) is 16.9 Å². The molecule has 4 aromatic rings. The van der Waals surface area contributed by atoms with E-state index >= 15 is 0 Å². The maximum Gasteiger partial charge on any atom is 0.270 e. The lowest BCUT2D eigenvalue weighted by Gasteiger charge is -2.07. The van der Waals surface area contributed by atoms with Crippen molar-refractivity contribution >= 4 is 22.2 Å². The SMILES string of the molecule is O=c1c2cc([N+](=O)[O-])ccc2ncn1Cc1cc(=O)n2ccccc2n1. The van der Waals surface area contributed by atoms with Gasteiger partial charge >= 0.3 is 0 Å². The monoisotopic (exact) mass is 349 g/mol. The summed E-state index contributed by atoms with van der Waals surface area (Å²) >= 11 is 0. The smallest absolute Gasteiger partial charge is 0.270 e. The fourth-order valence-electron chi connectivity index (χ4n) is 2.73. The molecule has 9 heteroatoms. The van der Waals surface area contributed by atoms with E-state index in [1.807, 2.05) is 0 Å². The van der Waals surface area contributed by atoms with Crippen LogP contribution in [0.2, 0.25) is 0 Å². The van der Waals surface area contributed by atoms with Gasteiger partial charge in [0.05, 0.1) is 34.4 Å². The lowest BCUT2D eigenvalue weighted by atomic mass is 10.2. The summed E-state index contributed by atoms with van der Waals surface area (Å²) in [5.41, 5.74) is 0.346. The molecule has 0 aliphatic heterocycles.